The minimum Gasteiger partial charge on any atom is -0.339 e. The minimum absolute atomic E-state index is 0.00437. The van der Waals surface area contributed by atoms with Crippen LogP contribution in [0.15, 0.2) is 66.1 Å². The zero-order valence-electron chi connectivity index (χ0n) is 18.8. The van der Waals surface area contributed by atoms with Gasteiger partial charge in [0.1, 0.15) is 0 Å². The van der Waals surface area contributed by atoms with E-state index in [0.717, 1.165) is 22.0 Å². The number of nitrogens with zero attached hydrogens (tertiary/aromatic N) is 4. The van der Waals surface area contributed by atoms with E-state index in [0.29, 0.717) is 26.2 Å². The molecule has 174 valence electrons. The molecular formula is C24H28N4O3S2. The first-order chi connectivity index (χ1) is 15.8. The van der Waals surface area contributed by atoms with E-state index in [4.69, 9.17) is 0 Å². The molecule has 7 nitrogen and oxygen atoms in total. The normalized spacial score (nSPS) is 15.0. The number of benzene rings is 2. The maximum absolute atomic E-state index is 12.8. The van der Waals surface area contributed by atoms with Crippen molar-refractivity contribution in [2.75, 3.05) is 31.9 Å². The third-order valence-corrected chi connectivity index (χ3v) is 8.52. The zero-order chi connectivity index (χ0) is 23.4. The van der Waals surface area contributed by atoms with Crippen molar-refractivity contribution in [3.63, 3.8) is 0 Å². The van der Waals surface area contributed by atoms with Gasteiger partial charge in [-0.1, -0.05) is 59.8 Å². The highest BCUT2D eigenvalue weighted by atomic mass is 32.2. The van der Waals surface area contributed by atoms with Crippen molar-refractivity contribution in [3.8, 4) is 5.69 Å². The number of aromatic nitrogens is 2. The van der Waals surface area contributed by atoms with Crippen molar-refractivity contribution < 1.29 is 13.2 Å². The predicted molar refractivity (Wildman–Crippen MR) is 131 cm³/mol. The van der Waals surface area contributed by atoms with E-state index < -0.39 is 10.0 Å². The number of piperazine rings is 1. The van der Waals surface area contributed by atoms with Crippen LogP contribution < -0.4 is 0 Å². The molecule has 1 aromatic heterocycles. The van der Waals surface area contributed by atoms with E-state index in [9.17, 15) is 13.2 Å². The fourth-order valence-electron chi connectivity index (χ4n) is 3.96. The lowest BCUT2D eigenvalue weighted by Crippen LogP contribution is -2.51. The number of carbonyl (C=O) groups excluding carboxylic acids is 1. The van der Waals surface area contributed by atoms with Gasteiger partial charge in [0.25, 0.3) is 0 Å². The number of rotatable bonds is 7. The third kappa shape index (κ3) is 5.66. The maximum atomic E-state index is 12.8. The average Bonchev–Trinajstić information content (AvgIpc) is 3.26. The average molecular weight is 485 g/mol. The van der Waals surface area contributed by atoms with Crippen LogP contribution in [0.1, 0.15) is 16.7 Å². The summed E-state index contributed by atoms with van der Waals surface area (Å²) in [5.41, 5.74) is 4.16. The third-order valence-electron chi connectivity index (χ3n) is 5.72. The van der Waals surface area contributed by atoms with E-state index in [1.165, 1.54) is 21.6 Å². The first kappa shape index (κ1) is 23.5. The summed E-state index contributed by atoms with van der Waals surface area (Å²) in [4.78, 5) is 19.0. The lowest BCUT2D eigenvalue weighted by atomic mass is 10.1. The van der Waals surface area contributed by atoms with Gasteiger partial charge < -0.3 is 4.90 Å². The molecule has 1 amide bonds. The van der Waals surface area contributed by atoms with Gasteiger partial charge in [0.15, 0.2) is 5.16 Å². The van der Waals surface area contributed by atoms with E-state index in [-0.39, 0.29) is 17.4 Å². The summed E-state index contributed by atoms with van der Waals surface area (Å²) in [6, 6.07) is 15.4. The van der Waals surface area contributed by atoms with Crippen LogP contribution in [0.2, 0.25) is 0 Å². The topological polar surface area (TPSA) is 75.5 Å². The van der Waals surface area contributed by atoms with Gasteiger partial charge >= 0.3 is 0 Å². The van der Waals surface area contributed by atoms with Gasteiger partial charge in [-0.05, 0) is 31.0 Å². The standard InChI is InChI=1S/C24H28N4O3S2/c1-19-8-9-22(20(2)16-19)28-11-10-25-24(28)32-17-23(29)26-12-14-27(15-13-26)33(30,31)18-21-6-4-3-5-7-21/h3-11,16H,12-15,17-18H2,1-2H3. The molecule has 0 N–H and O–H groups in total. The summed E-state index contributed by atoms with van der Waals surface area (Å²) in [5, 5.41) is 0.763. The lowest BCUT2D eigenvalue weighted by molar-refractivity contribution is -0.129. The fraction of sp³-hybridized carbons (Fsp3) is 0.333. The molecule has 4 rings (SSSR count). The molecule has 9 heteroatoms. The van der Waals surface area contributed by atoms with Gasteiger partial charge in [-0.3, -0.25) is 9.36 Å². The van der Waals surface area contributed by atoms with E-state index in [1.54, 1.807) is 11.1 Å². The predicted octanol–water partition coefficient (Wildman–Crippen LogP) is 3.26. The maximum Gasteiger partial charge on any atom is 0.233 e. The van der Waals surface area contributed by atoms with Crippen molar-refractivity contribution in [1.82, 2.24) is 18.8 Å². The Morgan fingerprint density at radius 3 is 2.45 bits per heavy atom. The molecular weight excluding hydrogens is 456 g/mol. The molecule has 1 fully saturated rings. The van der Waals surface area contributed by atoms with Crippen LogP contribution in [0.3, 0.4) is 0 Å². The second kappa shape index (κ2) is 10.1. The van der Waals surface area contributed by atoms with Crippen LogP contribution in [0.25, 0.3) is 5.69 Å². The lowest BCUT2D eigenvalue weighted by Gasteiger charge is -2.34. The Labute approximate surface area is 199 Å². The van der Waals surface area contributed by atoms with Crippen LogP contribution >= 0.6 is 11.8 Å². The van der Waals surface area contributed by atoms with Crippen molar-refractivity contribution in [2.45, 2.75) is 24.8 Å². The number of thioether (sulfide) groups is 1. The van der Waals surface area contributed by atoms with Crippen LogP contribution in [-0.4, -0.2) is 65.0 Å². The van der Waals surface area contributed by atoms with Crippen LogP contribution in [0.4, 0.5) is 0 Å². The Kier molecular flexibility index (Phi) is 7.21. The van der Waals surface area contributed by atoms with Gasteiger partial charge in [0.2, 0.25) is 15.9 Å². The smallest absolute Gasteiger partial charge is 0.233 e. The number of imidazole rings is 1. The number of hydrogen-bond acceptors (Lipinski definition) is 5. The monoisotopic (exact) mass is 484 g/mol. The van der Waals surface area contributed by atoms with Crippen molar-refractivity contribution in [3.05, 3.63) is 77.6 Å². The molecule has 0 spiro atoms. The van der Waals surface area contributed by atoms with Gasteiger partial charge in [-0.15, -0.1) is 0 Å². The molecule has 33 heavy (non-hydrogen) atoms. The second-order valence-electron chi connectivity index (χ2n) is 8.18. The highest BCUT2D eigenvalue weighted by molar-refractivity contribution is 7.99. The van der Waals surface area contributed by atoms with E-state index in [1.807, 2.05) is 41.1 Å². The largest absolute Gasteiger partial charge is 0.339 e. The highest BCUT2D eigenvalue weighted by Crippen LogP contribution is 2.24. The zero-order valence-corrected chi connectivity index (χ0v) is 20.5. The summed E-state index contributed by atoms with van der Waals surface area (Å²) in [6.45, 7) is 5.57. The first-order valence-electron chi connectivity index (χ1n) is 10.9. The SMILES string of the molecule is Cc1ccc(-n2ccnc2SCC(=O)N2CCN(S(=O)(=O)Cc3ccccc3)CC2)c(C)c1. The van der Waals surface area contributed by atoms with Gasteiger partial charge in [-0.25, -0.2) is 13.4 Å². The number of hydrogen-bond donors (Lipinski definition) is 0. The molecule has 3 aromatic rings. The fourth-order valence-corrected chi connectivity index (χ4v) is 6.35. The number of sulfonamides is 1. The van der Waals surface area contributed by atoms with Crippen molar-refractivity contribution in [2.24, 2.45) is 0 Å². The molecule has 0 unspecified atom stereocenters. The Bertz CT molecular complexity index is 1220. The molecule has 1 aliphatic heterocycles. The highest BCUT2D eigenvalue weighted by Gasteiger charge is 2.29. The Morgan fingerprint density at radius 1 is 1.03 bits per heavy atom. The Balaban J connectivity index is 1.32. The number of carbonyl (C=O) groups is 1. The van der Waals surface area contributed by atoms with E-state index >= 15 is 0 Å². The number of aryl methyl sites for hydroxylation is 2. The number of amides is 1. The van der Waals surface area contributed by atoms with Crippen LogP contribution in [0, 0.1) is 13.8 Å². The van der Waals surface area contributed by atoms with Crippen LogP contribution in [-0.2, 0) is 20.6 Å². The molecule has 2 aromatic carbocycles. The van der Waals surface area contributed by atoms with Gasteiger partial charge in [0, 0.05) is 38.6 Å². The molecule has 0 saturated carbocycles. The minimum atomic E-state index is -3.40. The van der Waals surface area contributed by atoms with E-state index in [2.05, 4.69) is 37.0 Å². The molecule has 2 heterocycles. The van der Waals surface area contributed by atoms with Gasteiger partial charge in [0.05, 0.1) is 17.2 Å². The van der Waals surface area contributed by atoms with Crippen molar-refractivity contribution in [1.29, 1.82) is 0 Å². The Hall–Kier alpha value is -2.62. The molecule has 0 atom stereocenters. The summed E-state index contributed by atoms with van der Waals surface area (Å²) < 4.78 is 29.0. The molecule has 1 saturated heterocycles. The van der Waals surface area contributed by atoms with Crippen LogP contribution in [0.5, 0.6) is 0 Å². The molecule has 1 aliphatic rings. The summed E-state index contributed by atoms with van der Waals surface area (Å²) >= 11 is 1.40. The summed E-state index contributed by atoms with van der Waals surface area (Å²) in [7, 11) is -3.40. The summed E-state index contributed by atoms with van der Waals surface area (Å²) in [6.07, 6.45) is 3.64. The second-order valence-corrected chi connectivity index (χ2v) is 11.1. The quantitative estimate of drug-likeness (QED) is 0.481. The molecule has 0 bridgehead atoms. The first-order valence-corrected chi connectivity index (χ1v) is 13.5. The Morgan fingerprint density at radius 2 is 1.76 bits per heavy atom. The summed E-state index contributed by atoms with van der Waals surface area (Å²) in [5.74, 6) is 0.243. The van der Waals surface area contributed by atoms with Crippen molar-refractivity contribution >= 4 is 27.7 Å². The van der Waals surface area contributed by atoms with Gasteiger partial charge in [-0.2, -0.15) is 4.31 Å². The molecule has 0 aliphatic carbocycles. The molecule has 0 radical (unpaired) electrons.